The van der Waals surface area contributed by atoms with Crippen molar-refractivity contribution in [2.24, 2.45) is 5.92 Å². The van der Waals surface area contributed by atoms with E-state index in [0.717, 1.165) is 5.69 Å². The van der Waals surface area contributed by atoms with E-state index in [1.54, 1.807) is 24.3 Å². The lowest BCUT2D eigenvalue weighted by Gasteiger charge is -2.29. The Morgan fingerprint density at radius 2 is 1.95 bits per heavy atom. The molecule has 3 unspecified atom stereocenters. The molecule has 0 bridgehead atoms. The van der Waals surface area contributed by atoms with E-state index in [1.807, 2.05) is 6.07 Å². The van der Waals surface area contributed by atoms with Crippen LogP contribution in [0.1, 0.15) is 6.92 Å². The van der Waals surface area contributed by atoms with Gasteiger partial charge in [-0.25, -0.2) is 8.78 Å². The largest absolute Gasteiger partial charge is 0.386 e. The summed E-state index contributed by atoms with van der Waals surface area (Å²) in [5.41, 5.74) is 0.709. The number of hydrogen-bond donors (Lipinski definition) is 3. The molecular formula is C14H18F2N2O. The fourth-order valence-corrected chi connectivity index (χ4v) is 1.92. The molecule has 3 nitrogen and oxygen atoms in total. The Labute approximate surface area is 111 Å². The van der Waals surface area contributed by atoms with Crippen LogP contribution in [0.3, 0.4) is 0 Å². The number of benzene rings is 1. The van der Waals surface area contributed by atoms with Crippen molar-refractivity contribution in [2.75, 3.05) is 5.32 Å². The molecule has 0 fully saturated rings. The summed E-state index contributed by atoms with van der Waals surface area (Å²) in [4.78, 5) is 0. The molecule has 0 aliphatic heterocycles. The zero-order chi connectivity index (χ0) is 14.4. The van der Waals surface area contributed by atoms with Crippen molar-refractivity contribution in [3.05, 3.63) is 43.0 Å². The molecule has 0 heterocycles. The standard InChI is InChI=1S/C14H18F2N2O/c1-3-11(18-10-7-5-4-6-8-10)12(9(2)17)13(19)14(15)16/h3-8,11-14,17-19H,1H2,2H3. The van der Waals surface area contributed by atoms with Crippen LogP contribution in [0.4, 0.5) is 14.5 Å². The quantitative estimate of drug-likeness (QED) is 0.526. The second kappa shape index (κ2) is 6.99. The van der Waals surface area contributed by atoms with Crippen molar-refractivity contribution in [2.45, 2.75) is 25.5 Å². The Hall–Kier alpha value is -1.75. The minimum absolute atomic E-state index is 0.0128. The number of rotatable bonds is 7. The first-order valence-corrected chi connectivity index (χ1v) is 5.92. The number of halogens is 2. The van der Waals surface area contributed by atoms with Gasteiger partial charge in [0, 0.05) is 11.4 Å². The van der Waals surface area contributed by atoms with Gasteiger partial charge in [0.15, 0.2) is 0 Å². The van der Waals surface area contributed by atoms with E-state index < -0.39 is 24.5 Å². The highest BCUT2D eigenvalue weighted by Crippen LogP contribution is 2.21. The van der Waals surface area contributed by atoms with Crippen molar-refractivity contribution in [1.29, 1.82) is 5.41 Å². The summed E-state index contributed by atoms with van der Waals surface area (Å²) in [5, 5.41) is 20.1. The van der Waals surface area contributed by atoms with Gasteiger partial charge in [-0.05, 0) is 19.1 Å². The summed E-state index contributed by atoms with van der Waals surface area (Å²) >= 11 is 0. The number of hydrogen-bond acceptors (Lipinski definition) is 3. The number of aliphatic hydroxyl groups is 1. The third kappa shape index (κ3) is 4.13. The smallest absolute Gasteiger partial charge is 0.264 e. The molecule has 3 atom stereocenters. The van der Waals surface area contributed by atoms with Gasteiger partial charge in [0.1, 0.15) is 6.10 Å². The minimum Gasteiger partial charge on any atom is -0.386 e. The minimum atomic E-state index is -2.90. The van der Waals surface area contributed by atoms with E-state index in [2.05, 4.69) is 11.9 Å². The van der Waals surface area contributed by atoms with Crippen LogP contribution < -0.4 is 5.32 Å². The lowest BCUT2D eigenvalue weighted by Crippen LogP contribution is -2.43. The van der Waals surface area contributed by atoms with Crippen molar-refractivity contribution in [3.63, 3.8) is 0 Å². The monoisotopic (exact) mass is 268 g/mol. The number of alkyl halides is 2. The Bertz CT molecular complexity index is 423. The van der Waals surface area contributed by atoms with Gasteiger partial charge in [0.05, 0.1) is 12.0 Å². The molecule has 0 aliphatic rings. The number of nitrogens with one attached hydrogen (secondary N) is 2. The predicted octanol–water partition coefficient (Wildman–Crippen LogP) is 2.93. The fraction of sp³-hybridized carbons (Fsp3) is 0.357. The van der Waals surface area contributed by atoms with E-state index in [9.17, 15) is 13.9 Å². The third-order valence-corrected chi connectivity index (χ3v) is 2.87. The molecule has 1 aromatic carbocycles. The second-order valence-corrected chi connectivity index (χ2v) is 4.31. The van der Waals surface area contributed by atoms with Gasteiger partial charge in [-0.2, -0.15) is 0 Å². The van der Waals surface area contributed by atoms with Crippen molar-refractivity contribution in [1.82, 2.24) is 0 Å². The average Bonchev–Trinajstić information content (AvgIpc) is 2.38. The highest BCUT2D eigenvalue weighted by molar-refractivity contribution is 5.83. The van der Waals surface area contributed by atoms with Gasteiger partial charge in [-0.15, -0.1) is 6.58 Å². The lowest BCUT2D eigenvalue weighted by molar-refractivity contribution is -0.0246. The van der Waals surface area contributed by atoms with Crippen molar-refractivity contribution < 1.29 is 13.9 Å². The van der Waals surface area contributed by atoms with Crippen molar-refractivity contribution in [3.8, 4) is 0 Å². The van der Waals surface area contributed by atoms with Crippen molar-refractivity contribution >= 4 is 11.4 Å². The predicted molar refractivity (Wildman–Crippen MR) is 73.0 cm³/mol. The van der Waals surface area contributed by atoms with Gasteiger partial charge in [0.25, 0.3) is 6.43 Å². The first-order valence-electron chi connectivity index (χ1n) is 5.92. The number of anilines is 1. The van der Waals surface area contributed by atoms with Crippen LogP contribution in [-0.4, -0.2) is 29.4 Å². The first kappa shape index (κ1) is 15.3. The van der Waals surface area contributed by atoms with Crippen LogP contribution in [0.2, 0.25) is 0 Å². The topological polar surface area (TPSA) is 56.1 Å². The first-order chi connectivity index (χ1) is 8.97. The van der Waals surface area contributed by atoms with Crippen LogP contribution in [0.25, 0.3) is 0 Å². The van der Waals surface area contributed by atoms with E-state index in [1.165, 1.54) is 13.0 Å². The molecule has 0 saturated heterocycles. The Kier molecular flexibility index (Phi) is 5.63. The summed E-state index contributed by atoms with van der Waals surface area (Å²) < 4.78 is 25.3. The molecule has 1 aromatic rings. The summed E-state index contributed by atoms with van der Waals surface area (Å²) in [7, 11) is 0. The zero-order valence-electron chi connectivity index (χ0n) is 10.7. The molecule has 0 amide bonds. The molecular weight excluding hydrogens is 250 g/mol. The Morgan fingerprint density at radius 3 is 2.37 bits per heavy atom. The van der Waals surface area contributed by atoms with Gasteiger partial charge in [-0.3, -0.25) is 0 Å². The highest BCUT2D eigenvalue weighted by Gasteiger charge is 2.34. The van der Waals surface area contributed by atoms with Gasteiger partial charge < -0.3 is 15.8 Å². The molecule has 0 saturated carbocycles. The average molecular weight is 268 g/mol. The van der Waals surface area contributed by atoms with Crippen LogP contribution >= 0.6 is 0 Å². The molecule has 3 N–H and O–H groups in total. The van der Waals surface area contributed by atoms with Crippen LogP contribution in [0.5, 0.6) is 0 Å². The zero-order valence-corrected chi connectivity index (χ0v) is 10.7. The number of aliphatic hydroxyl groups excluding tert-OH is 1. The number of para-hydroxylation sites is 1. The molecule has 0 aromatic heterocycles. The summed E-state index contributed by atoms with van der Waals surface area (Å²) in [5.74, 6) is -1.02. The maximum atomic E-state index is 12.7. The van der Waals surface area contributed by atoms with Gasteiger partial charge in [0.2, 0.25) is 0 Å². The summed E-state index contributed by atoms with van der Waals surface area (Å²) in [6.45, 7) is 4.99. The third-order valence-electron chi connectivity index (χ3n) is 2.87. The van der Waals surface area contributed by atoms with Crippen LogP contribution in [0, 0.1) is 11.3 Å². The summed E-state index contributed by atoms with van der Waals surface area (Å²) in [6, 6.07) is 8.37. The molecule has 5 heteroatoms. The molecule has 0 radical (unpaired) electrons. The van der Waals surface area contributed by atoms with Gasteiger partial charge >= 0.3 is 0 Å². The Balaban J connectivity index is 2.91. The van der Waals surface area contributed by atoms with E-state index in [-0.39, 0.29) is 5.71 Å². The maximum absolute atomic E-state index is 12.7. The van der Waals surface area contributed by atoms with Gasteiger partial charge in [-0.1, -0.05) is 24.3 Å². The second-order valence-electron chi connectivity index (χ2n) is 4.31. The van der Waals surface area contributed by atoms with Crippen LogP contribution in [-0.2, 0) is 0 Å². The fourth-order valence-electron chi connectivity index (χ4n) is 1.92. The molecule has 0 aliphatic carbocycles. The van der Waals surface area contributed by atoms with E-state index >= 15 is 0 Å². The Morgan fingerprint density at radius 1 is 1.37 bits per heavy atom. The molecule has 19 heavy (non-hydrogen) atoms. The molecule has 1 rings (SSSR count). The van der Waals surface area contributed by atoms with Crippen LogP contribution in [0.15, 0.2) is 43.0 Å². The molecule has 104 valence electrons. The van der Waals surface area contributed by atoms with E-state index in [0.29, 0.717) is 0 Å². The highest BCUT2D eigenvalue weighted by atomic mass is 19.3. The summed E-state index contributed by atoms with van der Waals surface area (Å²) in [6.07, 6.45) is -3.36. The SMILES string of the molecule is C=CC(Nc1ccccc1)C(C(C)=N)C(O)C(F)F. The molecule has 0 spiro atoms. The maximum Gasteiger partial charge on any atom is 0.264 e. The lowest BCUT2D eigenvalue weighted by atomic mass is 9.89. The normalized spacial score (nSPS) is 15.6. The van der Waals surface area contributed by atoms with E-state index in [4.69, 9.17) is 5.41 Å².